The van der Waals surface area contributed by atoms with Crippen molar-refractivity contribution in [3.8, 4) is 34.1 Å². The first kappa shape index (κ1) is 34.3. The number of carboxylic acid groups (broad SMARTS) is 1. The number of benzene rings is 4. The van der Waals surface area contributed by atoms with Crippen LogP contribution in [0.25, 0.3) is 28.0 Å². The van der Waals surface area contributed by atoms with Crippen molar-refractivity contribution in [2.24, 2.45) is 0 Å². The number of amides is 1. The highest BCUT2D eigenvalue weighted by Crippen LogP contribution is 2.37. The van der Waals surface area contributed by atoms with Crippen LogP contribution in [-0.4, -0.2) is 95.9 Å². The van der Waals surface area contributed by atoms with Gasteiger partial charge in [-0.15, -0.1) is 0 Å². The van der Waals surface area contributed by atoms with Gasteiger partial charge in [-0.1, -0.05) is 48.2 Å². The maximum Gasteiger partial charge on any atom is 0.335 e. The summed E-state index contributed by atoms with van der Waals surface area (Å²) < 4.78 is 23.4. The third-order valence-corrected chi connectivity index (χ3v) is 9.65. The summed E-state index contributed by atoms with van der Waals surface area (Å²) in [4.78, 5) is 29.1. The van der Waals surface area contributed by atoms with Crippen molar-refractivity contribution in [1.29, 1.82) is 0 Å². The third kappa shape index (κ3) is 8.34. The maximum atomic E-state index is 13.4. The van der Waals surface area contributed by atoms with Crippen LogP contribution in [0.1, 0.15) is 22.3 Å². The minimum Gasteiger partial charge on any atom is -0.508 e. The zero-order chi connectivity index (χ0) is 34.3. The number of thiocarbonyl (C=S) groups is 1. The van der Waals surface area contributed by atoms with E-state index in [-0.39, 0.29) is 23.8 Å². The largest absolute Gasteiger partial charge is 0.508 e. The lowest BCUT2D eigenvalue weighted by atomic mass is 9.98. The number of phenols is 1. The van der Waals surface area contributed by atoms with Gasteiger partial charge in [-0.3, -0.25) is 14.6 Å². The van der Waals surface area contributed by atoms with Crippen molar-refractivity contribution in [3.05, 3.63) is 88.8 Å². The Hall–Kier alpha value is -4.62. The normalized spacial score (nSPS) is 16.0. The van der Waals surface area contributed by atoms with Crippen LogP contribution >= 0.6 is 24.0 Å². The Kier molecular flexibility index (Phi) is 11.0. The molecule has 10 nitrogen and oxygen atoms in total. The fourth-order valence-electron chi connectivity index (χ4n) is 5.67. The molecule has 6 rings (SSSR count). The van der Waals surface area contributed by atoms with E-state index in [1.165, 1.54) is 31.0 Å². The molecule has 2 fully saturated rings. The number of rotatable bonds is 13. The van der Waals surface area contributed by atoms with Crippen molar-refractivity contribution in [2.45, 2.75) is 6.42 Å². The first-order chi connectivity index (χ1) is 23.8. The Morgan fingerprint density at radius 1 is 0.918 bits per heavy atom. The van der Waals surface area contributed by atoms with Gasteiger partial charge >= 0.3 is 5.97 Å². The zero-order valence-electron chi connectivity index (χ0n) is 26.9. The van der Waals surface area contributed by atoms with Gasteiger partial charge in [-0.25, -0.2) is 4.79 Å². The number of phenolic OH excluding ortho intramolecular Hbond substituents is 1. The van der Waals surface area contributed by atoms with E-state index in [4.69, 9.17) is 31.2 Å². The van der Waals surface area contributed by atoms with E-state index in [0.29, 0.717) is 40.3 Å². The number of ether oxygens (including phenoxy) is 4. The second kappa shape index (κ2) is 15.7. The predicted molar refractivity (Wildman–Crippen MR) is 194 cm³/mol. The average Bonchev–Trinajstić information content (AvgIpc) is 3.37. The summed E-state index contributed by atoms with van der Waals surface area (Å²) >= 11 is 6.83. The van der Waals surface area contributed by atoms with Gasteiger partial charge in [0.1, 0.15) is 22.4 Å². The number of morpholine rings is 1. The minimum absolute atomic E-state index is 0.102. The lowest BCUT2D eigenvalue weighted by molar-refractivity contribution is -0.122. The average molecular weight is 701 g/mol. The number of hydrogen-bond acceptors (Lipinski definition) is 10. The fourth-order valence-corrected chi connectivity index (χ4v) is 6.98. The Labute approximate surface area is 293 Å². The van der Waals surface area contributed by atoms with Gasteiger partial charge in [0.2, 0.25) is 0 Å². The van der Waals surface area contributed by atoms with Crippen molar-refractivity contribution < 1.29 is 38.7 Å². The summed E-state index contributed by atoms with van der Waals surface area (Å²) in [5.41, 5.74) is 2.79. The van der Waals surface area contributed by atoms with Crippen molar-refractivity contribution in [1.82, 2.24) is 9.80 Å². The molecule has 2 aliphatic heterocycles. The Morgan fingerprint density at radius 3 is 2.47 bits per heavy atom. The molecular weight excluding hydrogens is 665 g/mol. The van der Waals surface area contributed by atoms with Gasteiger partial charge in [0.05, 0.1) is 37.4 Å². The molecule has 0 spiro atoms. The van der Waals surface area contributed by atoms with Crippen molar-refractivity contribution in [3.63, 3.8) is 0 Å². The van der Waals surface area contributed by atoms with E-state index in [1.54, 1.807) is 23.1 Å². The molecule has 49 heavy (non-hydrogen) atoms. The highest BCUT2D eigenvalue weighted by molar-refractivity contribution is 8.26. The number of carbonyl (C=O) groups is 2. The maximum absolute atomic E-state index is 13.4. The van der Waals surface area contributed by atoms with Gasteiger partial charge in [0, 0.05) is 31.7 Å². The topological polar surface area (TPSA) is 118 Å². The first-order valence-electron chi connectivity index (χ1n) is 15.9. The van der Waals surface area contributed by atoms with E-state index < -0.39 is 5.97 Å². The third-order valence-electron chi connectivity index (χ3n) is 8.27. The molecule has 12 heteroatoms. The number of thioether (sulfide) groups is 1. The van der Waals surface area contributed by atoms with E-state index >= 15 is 0 Å². The molecule has 1 amide bonds. The number of methoxy groups -OCH3 is 1. The van der Waals surface area contributed by atoms with Crippen LogP contribution in [0, 0.1) is 0 Å². The van der Waals surface area contributed by atoms with Crippen molar-refractivity contribution in [2.75, 3.05) is 59.7 Å². The lowest BCUT2D eigenvalue weighted by Crippen LogP contribution is -2.38. The number of carbonyl (C=O) groups excluding carboxylic acids is 1. The molecule has 0 unspecified atom stereocenters. The van der Waals surface area contributed by atoms with Crippen LogP contribution in [0.5, 0.6) is 23.0 Å². The molecular formula is C37H36N2O8S2. The van der Waals surface area contributed by atoms with Crippen LogP contribution < -0.4 is 14.2 Å². The molecule has 2 aliphatic rings. The molecule has 2 N–H and O–H groups in total. The molecule has 0 aromatic heterocycles. The van der Waals surface area contributed by atoms with E-state index in [1.807, 2.05) is 42.5 Å². The van der Waals surface area contributed by atoms with Crippen molar-refractivity contribution >= 4 is 57.0 Å². The summed E-state index contributed by atoms with van der Waals surface area (Å²) in [6.45, 7) is 5.19. The van der Waals surface area contributed by atoms with E-state index in [2.05, 4.69) is 11.0 Å². The standard InChI is InChI=1S/C37H36N2O8S2/c1-44-33-23-28(36(42)43)7-10-32(33)46-15-2-11-39-35(41)34(49-37(39)48)20-24-3-9-31(47-18-14-38-12-16-45-17-13-38)30(19-24)27-5-4-26-22-29(40)8-6-25(26)21-27/h3-10,19-23,40H,2,11-18H2,1H3,(H,42,43)/b34-20-. The number of aromatic carboxylic acids is 1. The Morgan fingerprint density at radius 2 is 1.67 bits per heavy atom. The smallest absolute Gasteiger partial charge is 0.335 e. The SMILES string of the molecule is COc1cc(C(=O)O)ccc1OCCCN1C(=O)/C(=C/c2ccc(OCCN3CCOCC3)c(-c3ccc4cc(O)ccc4c3)c2)SC1=S. The number of fused-ring (bicyclic) bond motifs is 1. The molecule has 0 bridgehead atoms. The molecule has 2 saturated heterocycles. The predicted octanol–water partition coefficient (Wildman–Crippen LogP) is 6.30. The van der Waals surface area contributed by atoms with E-state index in [0.717, 1.165) is 66.1 Å². The summed E-state index contributed by atoms with van der Waals surface area (Å²) in [6, 6.07) is 21.7. The quantitative estimate of drug-likeness (QED) is 0.0930. The van der Waals surface area contributed by atoms with Gasteiger partial charge in [0.15, 0.2) is 11.5 Å². The van der Waals surface area contributed by atoms with Crippen LogP contribution in [0.3, 0.4) is 0 Å². The summed E-state index contributed by atoms with van der Waals surface area (Å²) in [6.07, 6.45) is 2.36. The Balaban J connectivity index is 1.16. The number of aromatic hydroxyl groups is 1. The van der Waals surface area contributed by atoms with Crippen LogP contribution in [0.4, 0.5) is 0 Å². The number of hydrogen-bond donors (Lipinski definition) is 2. The van der Waals surface area contributed by atoms with Crippen LogP contribution in [0.2, 0.25) is 0 Å². The monoisotopic (exact) mass is 700 g/mol. The Bertz CT molecular complexity index is 1910. The molecule has 254 valence electrons. The fraction of sp³-hybridized carbons (Fsp3) is 0.270. The van der Waals surface area contributed by atoms with Crippen LogP contribution in [0.15, 0.2) is 77.7 Å². The number of nitrogens with zero attached hydrogens (tertiary/aromatic N) is 2. The summed E-state index contributed by atoms with van der Waals surface area (Å²) in [5.74, 6) is 0.479. The van der Waals surface area contributed by atoms with Gasteiger partial charge in [-0.05, 0) is 82.9 Å². The lowest BCUT2D eigenvalue weighted by Gasteiger charge is -2.26. The summed E-state index contributed by atoms with van der Waals surface area (Å²) in [7, 11) is 1.45. The molecule has 4 aromatic rings. The van der Waals surface area contributed by atoms with Gasteiger partial charge in [0.25, 0.3) is 5.91 Å². The first-order valence-corrected chi connectivity index (χ1v) is 17.1. The molecule has 2 heterocycles. The number of carboxylic acids is 1. The van der Waals surface area contributed by atoms with E-state index in [9.17, 15) is 19.8 Å². The van der Waals surface area contributed by atoms with Gasteiger partial charge < -0.3 is 29.2 Å². The molecule has 0 saturated carbocycles. The van der Waals surface area contributed by atoms with Gasteiger partial charge in [-0.2, -0.15) is 0 Å². The van der Waals surface area contributed by atoms with Crippen LogP contribution in [-0.2, 0) is 9.53 Å². The molecule has 0 radical (unpaired) electrons. The molecule has 4 aromatic carbocycles. The highest BCUT2D eigenvalue weighted by atomic mass is 32.2. The minimum atomic E-state index is -1.05. The molecule has 0 aliphatic carbocycles. The highest BCUT2D eigenvalue weighted by Gasteiger charge is 2.31. The second-order valence-corrected chi connectivity index (χ2v) is 13.2. The molecule has 0 atom stereocenters. The zero-order valence-corrected chi connectivity index (χ0v) is 28.6. The summed E-state index contributed by atoms with van der Waals surface area (Å²) in [5, 5.41) is 21.1. The second-order valence-electron chi connectivity index (χ2n) is 11.5.